The molecule has 1 aliphatic rings. The number of amides is 1. The fourth-order valence-corrected chi connectivity index (χ4v) is 2.81. The number of hydrogen-bond donors (Lipinski definition) is 1. The smallest absolute Gasteiger partial charge is 0.241 e. The molecule has 2 heterocycles. The van der Waals surface area contributed by atoms with Crippen LogP contribution in [0.15, 0.2) is 54.7 Å². The van der Waals surface area contributed by atoms with E-state index >= 15 is 0 Å². The minimum atomic E-state index is -0.138. The van der Waals surface area contributed by atoms with Crippen LogP contribution in [0.25, 0.3) is 0 Å². The number of hydrogen-bond acceptors (Lipinski definition) is 4. The highest BCUT2D eigenvalue weighted by Gasteiger charge is 2.25. The van der Waals surface area contributed by atoms with Crippen LogP contribution in [-0.2, 0) is 4.79 Å². The molecule has 120 valence electrons. The van der Waals surface area contributed by atoms with Crippen molar-refractivity contribution in [3.8, 4) is 0 Å². The third-order valence-electron chi connectivity index (χ3n) is 4.26. The van der Waals surface area contributed by atoms with Gasteiger partial charge in [0.2, 0.25) is 5.91 Å². The number of piperazine rings is 1. The molecule has 1 aromatic carbocycles. The molecule has 1 atom stereocenters. The van der Waals surface area contributed by atoms with Crippen molar-refractivity contribution in [2.24, 2.45) is 0 Å². The second-order valence-electron chi connectivity index (χ2n) is 5.74. The Morgan fingerprint density at radius 2 is 1.74 bits per heavy atom. The first-order valence-corrected chi connectivity index (χ1v) is 8.00. The molecule has 0 unspecified atom stereocenters. The zero-order chi connectivity index (χ0) is 16.1. The molecule has 0 bridgehead atoms. The van der Waals surface area contributed by atoms with E-state index < -0.39 is 0 Å². The highest BCUT2D eigenvalue weighted by Crippen LogP contribution is 2.15. The summed E-state index contributed by atoms with van der Waals surface area (Å²) in [6.07, 6.45) is 1.82. The Kier molecular flexibility index (Phi) is 4.88. The van der Waals surface area contributed by atoms with Gasteiger partial charge < -0.3 is 10.2 Å². The Morgan fingerprint density at radius 1 is 1.04 bits per heavy atom. The second kappa shape index (κ2) is 7.24. The summed E-state index contributed by atoms with van der Waals surface area (Å²) in [6, 6.07) is 15.4. The van der Waals surface area contributed by atoms with E-state index in [0.29, 0.717) is 0 Å². The van der Waals surface area contributed by atoms with Gasteiger partial charge in [-0.1, -0.05) is 24.3 Å². The van der Waals surface area contributed by atoms with Gasteiger partial charge in [0.1, 0.15) is 5.82 Å². The predicted molar refractivity (Wildman–Crippen MR) is 92.6 cm³/mol. The number of para-hydroxylation sites is 1. The molecule has 0 spiro atoms. The zero-order valence-corrected chi connectivity index (χ0v) is 13.4. The summed E-state index contributed by atoms with van der Waals surface area (Å²) < 4.78 is 0. The standard InChI is InChI=1S/C18H22N4O/c1-15(18(23)20-16-7-3-2-4-8-16)21-11-13-22(14-12-21)17-9-5-6-10-19-17/h2-10,15H,11-14H2,1H3,(H,20,23)/t15-/m1/s1. The molecular weight excluding hydrogens is 288 g/mol. The quantitative estimate of drug-likeness (QED) is 0.941. The molecule has 2 aromatic rings. The normalized spacial score (nSPS) is 16.8. The molecule has 0 aliphatic carbocycles. The van der Waals surface area contributed by atoms with E-state index in [1.807, 2.05) is 61.7 Å². The zero-order valence-electron chi connectivity index (χ0n) is 13.4. The second-order valence-corrected chi connectivity index (χ2v) is 5.74. The van der Waals surface area contributed by atoms with E-state index in [-0.39, 0.29) is 11.9 Å². The van der Waals surface area contributed by atoms with Crippen LogP contribution < -0.4 is 10.2 Å². The number of benzene rings is 1. The first-order chi connectivity index (χ1) is 11.2. The van der Waals surface area contributed by atoms with Gasteiger partial charge in [-0.3, -0.25) is 9.69 Å². The van der Waals surface area contributed by atoms with Crippen LogP contribution in [0.1, 0.15) is 6.92 Å². The molecule has 1 saturated heterocycles. The van der Waals surface area contributed by atoms with Gasteiger partial charge in [-0.15, -0.1) is 0 Å². The van der Waals surface area contributed by atoms with Crippen molar-refractivity contribution in [3.05, 3.63) is 54.7 Å². The van der Waals surface area contributed by atoms with Crippen LogP contribution in [0.5, 0.6) is 0 Å². The van der Waals surface area contributed by atoms with E-state index in [1.54, 1.807) is 0 Å². The van der Waals surface area contributed by atoms with Gasteiger partial charge in [-0.2, -0.15) is 0 Å². The number of carbonyl (C=O) groups excluding carboxylic acids is 1. The van der Waals surface area contributed by atoms with E-state index in [2.05, 4.69) is 20.1 Å². The summed E-state index contributed by atoms with van der Waals surface area (Å²) in [7, 11) is 0. The highest BCUT2D eigenvalue weighted by atomic mass is 16.2. The Balaban J connectivity index is 1.53. The lowest BCUT2D eigenvalue weighted by Crippen LogP contribution is -2.53. The van der Waals surface area contributed by atoms with Crippen LogP contribution in [0.3, 0.4) is 0 Å². The molecule has 0 radical (unpaired) electrons. The summed E-state index contributed by atoms with van der Waals surface area (Å²) in [5.74, 6) is 1.05. The maximum atomic E-state index is 12.4. The van der Waals surface area contributed by atoms with E-state index in [4.69, 9.17) is 0 Å². The Hall–Kier alpha value is -2.40. The molecule has 0 saturated carbocycles. The number of rotatable bonds is 4. The van der Waals surface area contributed by atoms with Gasteiger partial charge in [-0.25, -0.2) is 4.98 Å². The number of nitrogens with zero attached hydrogens (tertiary/aromatic N) is 3. The third kappa shape index (κ3) is 3.87. The Labute approximate surface area is 136 Å². The van der Waals surface area contributed by atoms with Gasteiger partial charge >= 0.3 is 0 Å². The Bertz CT molecular complexity index is 624. The van der Waals surface area contributed by atoms with E-state index in [9.17, 15) is 4.79 Å². The van der Waals surface area contributed by atoms with Crippen molar-refractivity contribution in [2.45, 2.75) is 13.0 Å². The van der Waals surface area contributed by atoms with Crippen molar-refractivity contribution < 1.29 is 4.79 Å². The first kappa shape index (κ1) is 15.5. The predicted octanol–water partition coefficient (Wildman–Crippen LogP) is 2.23. The van der Waals surface area contributed by atoms with Gasteiger partial charge in [0, 0.05) is 38.1 Å². The van der Waals surface area contributed by atoms with Crippen LogP contribution in [0.2, 0.25) is 0 Å². The average Bonchev–Trinajstić information content (AvgIpc) is 2.63. The molecule has 3 rings (SSSR count). The molecule has 1 amide bonds. The molecule has 1 aliphatic heterocycles. The maximum absolute atomic E-state index is 12.4. The Morgan fingerprint density at radius 3 is 2.39 bits per heavy atom. The van der Waals surface area contributed by atoms with Crippen molar-refractivity contribution in [1.29, 1.82) is 0 Å². The minimum Gasteiger partial charge on any atom is -0.354 e. The number of nitrogens with one attached hydrogen (secondary N) is 1. The van der Waals surface area contributed by atoms with Crippen molar-refractivity contribution in [2.75, 3.05) is 36.4 Å². The van der Waals surface area contributed by atoms with E-state index in [0.717, 1.165) is 37.7 Å². The van der Waals surface area contributed by atoms with Gasteiger partial charge in [0.15, 0.2) is 0 Å². The number of anilines is 2. The number of aromatic nitrogens is 1. The third-order valence-corrected chi connectivity index (χ3v) is 4.26. The largest absolute Gasteiger partial charge is 0.354 e. The summed E-state index contributed by atoms with van der Waals surface area (Å²) >= 11 is 0. The monoisotopic (exact) mass is 310 g/mol. The van der Waals surface area contributed by atoms with Gasteiger partial charge in [0.25, 0.3) is 0 Å². The fraction of sp³-hybridized carbons (Fsp3) is 0.333. The topological polar surface area (TPSA) is 48.5 Å². The summed E-state index contributed by atoms with van der Waals surface area (Å²) in [5.41, 5.74) is 0.844. The number of carbonyl (C=O) groups is 1. The molecule has 23 heavy (non-hydrogen) atoms. The SMILES string of the molecule is C[C@H](C(=O)Nc1ccccc1)N1CCN(c2ccccn2)CC1. The molecular formula is C18H22N4O. The van der Waals surface area contributed by atoms with Crippen molar-refractivity contribution in [3.63, 3.8) is 0 Å². The fourth-order valence-electron chi connectivity index (χ4n) is 2.81. The van der Waals surface area contributed by atoms with E-state index in [1.165, 1.54) is 0 Å². The minimum absolute atomic E-state index is 0.0440. The first-order valence-electron chi connectivity index (χ1n) is 8.00. The lowest BCUT2D eigenvalue weighted by Gasteiger charge is -2.37. The average molecular weight is 310 g/mol. The molecule has 5 nitrogen and oxygen atoms in total. The van der Waals surface area contributed by atoms with Crippen LogP contribution in [0, 0.1) is 0 Å². The summed E-state index contributed by atoms with van der Waals surface area (Å²) in [5, 5.41) is 2.98. The van der Waals surface area contributed by atoms with Crippen LogP contribution in [-0.4, -0.2) is 48.0 Å². The molecule has 1 aromatic heterocycles. The van der Waals surface area contributed by atoms with Crippen LogP contribution >= 0.6 is 0 Å². The number of pyridine rings is 1. The van der Waals surface area contributed by atoms with Crippen LogP contribution in [0.4, 0.5) is 11.5 Å². The summed E-state index contributed by atoms with van der Waals surface area (Å²) in [6.45, 7) is 5.47. The molecule has 1 fully saturated rings. The maximum Gasteiger partial charge on any atom is 0.241 e. The lowest BCUT2D eigenvalue weighted by atomic mass is 10.2. The highest BCUT2D eigenvalue weighted by molar-refractivity contribution is 5.94. The van der Waals surface area contributed by atoms with Gasteiger partial charge in [0.05, 0.1) is 6.04 Å². The summed E-state index contributed by atoms with van der Waals surface area (Å²) in [4.78, 5) is 21.3. The molecule has 1 N–H and O–H groups in total. The van der Waals surface area contributed by atoms with Gasteiger partial charge in [-0.05, 0) is 31.2 Å². The van der Waals surface area contributed by atoms with Crippen molar-refractivity contribution >= 4 is 17.4 Å². The molecule has 5 heteroatoms. The van der Waals surface area contributed by atoms with Crippen molar-refractivity contribution in [1.82, 2.24) is 9.88 Å². The lowest BCUT2D eigenvalue weighted by molar-refractivity contribution is -0.120.